The molecule has 0 aliphatic carbocycles. The summed E-state index contributed by atoms with van der Waals surface area (Å²) in [6, 6.07) is 6.01. The van der Waals surface area contributed by atoms with Crippen LogP contribution in [0.25, 0.3) is 0 Å². The summed E-state index contributed by atoms with van der Waals surface area (Å²) in [4.78, 5) is 14.5. The lowest BCUT2D eigenvalue weighted by molar-refractivity contribution is 0.0521. The second-order valence-corrected chi connectivity index (χ2v) is 6.27. The SMILES string of the molecule is CC(O)C1CCN(C(=O)c2ccc3c(c2)CCCN3)CC1. The molecule has 21 heavy (non-hydrogen) atoms. The molecule has 114 valence electrons. The quantitative estimate of drug-likeness (QED) is 0.878. The number of aryl methyl sites for hydroxylation is 1. The largest absolute Gasteiger partial charge is 0.393 e. The number of benzene rings is 1. The van der Waals surface area contributed by atoms with Crippen molar-refractivity contribution < 1.29 is 9.90 Å². The number of anilines is 1. The third-order valence-corrected chi connectivity index (χ3v) is 4.80. The van der Waals surface area contributed by atoms with Crippen molar-refractivity contribution in [2.75, 3.05) is 25.0 Å². The minimum Gasteiger partial charge on any atom is -0.393 e. The number of piperidine rings is 1. The number of nitrogens with zero attached hydrogens (tertiary/aromatic N) is 1. The van der Waals surface area contributed by atoms with Gasteiger partial charge in [-0.1, -0.05) is 0 Å². The van der Waals surface area contributed by atoms with Gasteiger partial charge in [0.15, 0.2) is 0 Å². The molecule has 1 saturated heterocycles. The molecule has 0 aromatic heterocycles. The Hall–Kier alpha value is -1.55. The maximum absolute atomic E-state index is 12.6. The summed E-state index contributed by atoms with van der Waals surface area (Å²) < 4.78 is 0. The molecule has 0 bridgehead atoms. The van der Waals surface area contributed by atoms with Crippen molar-refractivity contribution in [3.63, 3.8) is 0 Å². The van der Waals surface area contributed by atoms with Gasteiger partial charge in [-0.05, 0) is 62.3 Å². The van der Waals surface area contributed by atoms with Gasteiger partial charge in [0.1, 0.15) is 0 Å². The van der Waals surface area contributed by atoms with Gasteiger partial charge < -0.3 is 15.3 Å². The van der Waals surface area contributed by atoms with E-state index < -0.39 is 0 Å². The number of aliphatic hydroxyl groups excluding tert-OH is 1. The number of likely N-dealkylation sites (tertiary alicyclic amines) is 1. The predicted octanol–water partition coefficient (Wildman–Crippen LogP) is 2.28. The molecular weight excluding hydrogens is 264 g/mol. The number of fused-ring (bicyclic) bond motifs is 1. The van der Waals surface area contributed by atoms with Crippen LogP contribution in [0.5, 0.6) is 0 Å². The van der Waals surface area contributed by atoms with Gasteiger partial charge in [0.05, 0.1) is 6.10 Å². The van der Waals surface area contributed by atoms with Crippen LogP contribution in [0.2, 0.25) is 0 Å². The van der Waals surface area contributed by atoms with E-state index in [0.29, 0.717) is 5.92 Å². The van der Waals surface area contributed by atoms with Crippen molar-refractivity contribution in [3.05, 3.63) is 29.3 Å². The van der Waals surface area contributed by atoms with Crippen molar-refractivity contribution >= 4 is 11.6 Å². The fourth-order valence-electron chi connectivity index (χ4n) is 3.38. The van der Waals surface area contributed by atoms with Crippen LogP contribution in [0.3, 0.4) is 0 Å². The first-order valence-electron chi connectivity index (χ1n) is 7.99. The zero-order valence-corrected chi connectivity index (χ0v) is 12.6. The molecule has 4 nitrogen and oxygen atoms in total. The smallest absolute Gasteiger partial charge is 0.253 e. The fourth-order valence-corrected chi connectivity index (χ4v) is 3.38. The molecule has 0 radical (unpaired) electrons. The van der Waals surface area contributed by atoms with E-state index in [2.05, 4.69) is 5.32 Å². The van der Waals surface area contributed by atoms with E-state index >= 15 is 0 Å². The van der Waals surface area contributed by atoms with Crippen LogP contribution in [0, 0.1) is 5.92 Å². The molecule has 1 atom stereocenters. The highest BCUT2D eigenvalue weighted by Gasteiger charge is 2.26. The van der Waals surface area contributed by atoms with E-state index in [-0.39, 0.29) is 12.0 Å². The Morgan fingerprint density at radius 2 is 2.14 bits per heavy atom. The van der Waals surface area contributed by atoms with Crippen molar-refractivity contribution in [1.82, 2.24) is 4.90 Å². The van der Waals surface area contributed by atoms with Gasteiger partial charge in [-0.3, -0.25) is 4.79 Å². The topological polar surface area (TPSA) is 52.6 Å². The minimum atomic E-state index is -0.267. The van der Waals surface area contributed by atoms with Crippen molar-refractivity contribution in [1.29, 1.82) is 0 Å². The monoisotopic (exact) mass is 288 g/mol. The normalized spacial score (nSPS) is 20.6. The van der Waals surface area contributed by atoms with Crippen LogP contribution >= 0.6 is 0 Å². The maximum Gasteiger partial charge on any atom is 0.253 e. The Kier molecular flexibility index (Phi) is 4.15. The number of nitrogens with one attached hydrogen (secondary N) is 1. The number of aliphatic hydroxyl groups is 1. The summed E-state index contributed by atoms with van der Waals surface area (Å²) in [6.45, 7) is 4.37. The Balaban J connectivity index is 1.68. The molecule has 3 rings (SSSR count). The molecule has 2 aliphatic rings. The Labute approximate surface area is 126 Å². The molecular formula is C17H24N2O2. The summed E-state index contributed by atoms with van der Waals surface area (Å²) in [5.41, 5.74) is 3.23. The summed E-state index contributed by atoms with van der Waals surface area (Å²) in [5, 5.41) is 13.0. The van der Waals surface area contributed by atoms with Gasteiger partial charge in [0.25, 0.3) is 5.91 Å². The lowest BCUT2D eigenvalue weighted by Crippen LogP contribution is -2.40. The second kappa shape index (κ2) is 6.06. The molecule has 4 heteroatoms. The molecule has 2 heterocycles. The van der Waals surface area contributed by atoms with Crippen molar-refractivity contribution in [2.24, 2.45) is 5.92 Å². The summed E-state index contributed by atoms with van der Waals surface area (Å²) >= 11 is 0. The Bertz CT molecular complexity index is 520. The maximum atomic E-state index is 12.6. The minimum absolute atomic E-state index is 0.132. The molecule has 0 saturated carbocycles. The van der Waals surface area contributed by atoms with E-state index in [1.807, 2.05) is 30.0 Å². The molecule has 2 N–H and O–H groups in total. The Morgan fingerprint density at radius 1 is 1.38 bits per heavy atom. The number of hydrogen-bond donors (Lipinski definition) is 2. The number of amides is 1. The van der Waals surface area contributed by atoms with E-state index in [9.17, 15) is 9.90 Å². The molecule has 1 unspecified atom stereocenters. The van der Waals surface area contributed by atoms with E-state index in [1.165, 1.54) is 11.3 Å². The zero-order chi connectivity index (χ0) is 14.8. The first-order chi connectivity index (χ1) is 10.1. The molecule has 1 amide bonds. The average Bonchev–Trinajstić information content (AvgIpc) is 2.54. The Morgan fingerprint density at radius 3 is 2.86 bits per heavy atom. The van der Waals surface area contributed by atoms with E-state index in [4.69, 9.17) is 0 Å². The molecule has 0 spiro atoms. The van der Waals surface area contributed by atoms with Gasteiger partial charge in [-0.25, -0.2) is 0 Å². The van der Waals surface area contributed by atoms with Gasteiger partial charge in [0.2, 0.25) is 0 Å². The standard InChI is InChI=1S/C17H24N2O2/c1-12(20)13-6-9-19(10-7-13)17(21)15-4-5-16-14(11-15)3-2-8-18-16/h4-5,11-13,18,20H,2-3,6-10H2,1H3. The number of hydrogen-bond acceptors (Lipinski definition) is 3. The zero-order valence-electron chi connectivity index (χ0n) is 12.6. The summed E-state index contributed by atoms with van der Waals surface area (Å²) in [7, 11) is 0. The third kappa shape index (κ3) is 3.05. The molecule has 1 fully saturated rings. The van der Waals surface area contributed by atoms with Crippen LogP contribution in [-0.4, -0.2) is 41.7 Å². The highest BCUT2D eigenvalue weighted by atomic mass is 16.3. The first kappa shape index (κ1) is 14.4. The first-order valence-corrected chi connectivity index (χ1v) is 7.99. The third-order valence-electron chi connectivity index (χ3n) is 4.80. The average molecular weight is 288 g/mol. The van der Waals surface area contributed by atoms with Crippen LogP contribution in [0.15, 0.2) is 18.2 Å². The molecule has 2 aliphatic heterocycles. The van der Waals surface area contributed by atoms with Gasteiger partial charge in [-0.2, -0.15) is 0 Å². The second-order valence-electron chi connectivity index (χ2n) is 6.27. The predicted molar refractivity (Wildman–Crippen MR) is 83.6 cm³/mol. The van der Waals surface area contributed by atoms with Gasteiger partial charge in [-0.15, -0.1) is 0 Å². The molecule has 1 aromatic rings. The number of carbonyl (C=O) groups excluding carboxylic acids is 1. The fraction of sp³-hybridized carbons (Fsp3) is 0.588. The van der Waals surface area contributed by atoms with Crippen LogP contribution < -0.4 is 5.32 Å². The highest BCUT2D eigenvalue weighted by molar-refractivity contribution is 5.95. The van der Waals surface area contributed by atoms with Crippen molar-refractivity contribution in [3.8, 4) is 0 Å². The summed E-state index contributed by atoms with van der Waals surface area (Å²) in [6.07, 6.45) is 3.71. The number of rotatable bonds is 2. The van der Waals surface area contributed by atoms with Gasteiger partial charge >= 0.3 is 0 Å². The van der Waals surface area contributed by atoms with Crippen LogP contribution in [0.4, 0.5) is 5.69 Å². The van der Waals surface area contributed by atoms with Crippen LogP contribution in [0.1, 0.15) is 42.1 Å². The van der Waals surface area contributed by atoms with E-state index in [0.717, 1.165) is 50.9 Å². The molecule has 1 aromatic carbocycles. The van der Waals surface area contributed by atoms with Crippen LogP contribution in [-0.2, 0) is 6.42 Å². The summed E-state index contributed by atoms with van der Waals surface area (Å²) in [5.74, 6) is 0.467. The lowest BCUT2D eigenvalue weighted by atomic mass is 9.91. The van der Waals surface area contributed by atoms with E-state index in [1.54, 1.807) is 0 Å². The number of carbonyl (C=O) groups is 1. The van der Waals surface area contributed by atoms with Gasteiger partial charge in [0, 0.05) is 30.9 Å². The van der Waals surface area contributed by atoms with Crippen molar-refractivity contribution in [2.45, 2.75) is 38.7 Å². The highest BCUT2D eigenvalue weighted by Crippen LogP contribution is 2.25. The lowest BCUT2D eigenvalue weighted by Gasteiger charge is -2.33.